The molecule has 1 heterocycles. The third-order valence-corrected chi connectivity index (χ3v) is 3.80. The van der Waals surface area contributed by atoms with E-state index < -0.39 is 5.82 Å². The Morgan fingerprint density at radius 1 is 1.50 bits per heavy atom. The van der Waals surface area contributed by atoms with E-state index in [1.165, 1.54) is 6.07 Å². The van der Waals surface area contributed by atoms with E-state index in [2.05, 4.69) is 17.6 Å². The van der Waals surface area contributed by atoms with Gasteiger partial charge in [0.25, 0.3) is 5.91 Å². The zero-order valence-corrected chi connectivity index (χ0v) is 12.8. The van der Waals surface area contributed by atoms with Crippen LogP contribution in [0.1, 0.15) is 35.7 Å². The number of hydrogen-bond acceptors (Lipinski definition) is 2. The first-order chi connectivity index (χ1) is 9.02. The minimum atomic E-state index is -0.424. The van der Waals surface area contributed by atoms with Crippen molar-refractivity contribution in [2.24, 2.45) is 5.41 Å². The van der Waals surface area contributed by atoms with Crippen molar-refractivity contribution in [3.8, 4) is 0 Å². The van der Waals surface area contributed by atoms with E-state index >= 15 is 0 Å². The summed E-state index contributed by atoms with van der Waals surface area (Å²) in [6.45, 7) is 6.32. The summed E-state index contributed by atoms with van der Waals surface area (Å²) in [5, 5.41) is 6.19. The number of hydrogen-bond donors (Lipinski definition) is 2. The summed E-state index contributed by atoms with van der Waals surface area (Å²) in [4.78, 5) is 12.0. The van der Waals surface area contributed by atoms with Crippen molar-refractivity contribution in [2.75, 3.05) is 19.6 Å². The molecule has 0 spiro atoms. The van der Waals surface area contributed by atoms with Crippen LogP contribution in [0.15, 0.2) is 18.2 Å². The van der Waals surface area contributed by atoms with Gasteiger partial charge in [-0.25, -0.2) is 4.39 Å². The molecule has 3 nitrogen and oxygen atoms in total. The van der Waals surface area contributed by atoms with E-state index in [0.717, 1.165) is 25.9 Å². The number of amides is 1. The summed E-state index contributed by atoms with van der Waals surface area (Å²) in [6.07, 6.45) is 2.20. The van der Waals surface area contributed by atoms with Crippen molar-refractivity contribution < 1.29 is 9.18 Å². The molecule has 1 atom stereocenters. The Labute approximate surface area is 125 Å². The summed E-state index contributed by atoms with van der Waals surface area (Å²) in [6, 6.07) is 4.90. The largest absolute Gasteiger partial charge is 0.351 e. The van der Waals surface area contributed by atoms with Gasteiger partial charge in [-0.3, -0.25) is 4.79 Å². The molecule has 0 bridgehead atoms. The molecule has 5 heteroatoms. The summed E-state index contributed by atoms with van der Waals surface area (Å²) in [5.41, 5.74) is 0.694. The second-order valence-electron chi connectivity index (χ2n) is 5.71. The number of halogens is 2. The molecule has 1 fully saturated rings. The van der Waals surface area contributed by atoms with Crippen LogP contribution in [0.2, 0.25) is 0 Å². The van der Waals surface area contributed by atoms with E-state index in [4.69, 9.17) is 0 Å². The van der Waals surface area contributed by atoms with E-state index in [1.54, 1.807) is 19.1 Å². The Hall–Kier alpha value is -1.13. The van der Waals surface area contributed by atoms with Crippen LogP contribution in [0.5, 0.6) is 0 Å². The van der Waals surface area contributed by atoms with Crippen LogP contribution < -0.4 is 10.6 Å². The lowest BCUT2D eigenvalue weighted by Crippen LogP contribution is -2.45. The molecule has 2 N–H and O–H groups in total. The molecule has 2 rings (SSSR count). The van der Waals surface area contributed by atoms with E-state index in [9.17, 15) is 9.18 Å². The first kappa shape index (κ1) is 16.9. The predicted molar refractivity (Wildman–Crippen MR) is 80.9 cm³/mol. The van der Waals surface area contributed by atoms with Crippen LogP contribution in [0.4, 0.5) is 4.39 Å². The lowest BCUT2D eigenvalue weighted by Gasteiger charge is -2.34. The minimum Gasteiger partial charge on any atom is -0.351 e. The number of carbonyl (C=O) groups is 1. The molecule has 1 aromatic carbocycles. The maximum atomic E-state index is 13.8. The third-order valence-electron chi connectivity index (χ3n) is 3.80. The number of aryl methyl sites for hydroxylation is 1. The van der Waals surface area contributed by atoms with Crippen LogP contribution in [0, 0.1) is 18.2 Å². The SMILES string of the molecule is Cc1cccc(C(=O)NCC2(C)CCCNC2)c1F.Cl. The van der Waals surface area contributed by atoms with Gasteiger partial charge < -0.3 is 10.6 Å². The molecule has 1 amide bonds. The van der Waals surface area contributed by atoms with Gasteiger partial charge in [-0.15, -0.1) is 12.4 Å². The molecule has 1 aliphatic rings. The lowest BCUT2D eigenvalue weighted by atomic mass is 9.83. The second kappa shape index (κ2) is 7.04. The summed E-state index contributed by atoms with van der Waals surface area (Å²) < 4.78 is 13.8. The van der Waals surface area contributed by atoms with Crippen molar-refractivity contribution in [1.82, 2.24) is 10.6 Å². The molecule has 1 unspecified atom stereocenters. The summed E-state index contributed by atoms with van der Waals surface area (Å²) in [7, 11) is 0. The average Bonchev–Trinajstić information content (AvgIpc) is 2.40. The fourth-order valence-electron chi connectivity index (χ4n) is 2.48. The Kier molecular flexibility index (Phi) is 5.96. The molecular formula is C15H22ClFN2O. The zero-order chi connectivity index (χ0) is 13.9. The van der Waals surface area contributed by atoms with Gasteiger partial charge in [0.1, 0.15) is 5.82 Å². The highest BCUT2D eigenvalue weighted by molar-refractivity contribution is 5.94. The van der Waals surface area contributed by atoms with Crippen molar-refractivity contribution in [2.45, 2.75) is 26.7 Å². The van der Waals surface area contributed by atoms with Crippen molar-refractivity contribution in [1.29, 1.82) is 0 Å². The number of piperidine rings is 1. The number of carbonyl (C=O) groups excluding carboxylic acids is 1. The molecule has 112 valence electrons. The standard InChI is InChI=1S/C15H21FN2O.ClH/c1-11-5-3-6-12(13(11)16)14(19)18-10-15(2)7-4-8-17-9-15;/h3,5-6,17H,4,7-10H2,1-2H3,(H,18,19);1H. The highest BCUT2D eigenvalue weighted by Crippen LogP contribution is 2.24. The van der Waals surface area contributed by atoms with Gasteiger partial charge in [-0.2, -0.15) is 0 Å². The first-order valence-corrected chi connectivity index (χ1v) is 6.76. The Morgan fingerprint density at radius 2 is 2.25 bits per heavy atom. The molecule has 1 aromatic rings. The maximum absolute atomic E-state index is 13.8. The van der Waals surface area contributed by atoms with Crippen molar-refractivity contribution >= 4 is 18.3 Å². The fourth-order valence-corrected chi connectivity index (χ4v) is 2.48. The van der Waals surface area contributed by atoms with E-state index in [1.807, 2.05) is 0 Å². The smallest absolute Gasteiger partial charge is 0.254 e. The highest BCUT2D eigenvalue weighted by Gasteiger charge is 2.27. The summed E-state index contributed by atoms with van der Waals surface area (Å²) in [5.74, 6) is -0.750. The molecule has 0 aliphatic carbocycles. The van der Waals surface area contributed by atoms with Crippen molar-refractivity contribution in [3.05, 3.63) is 35.1 Å². The van der Waals surface area contributed by atoms with Gasteiger partial charge in [0.2, 0.25) is 0 Å². The van der Waals surface area contributed by atoms with Crippen LogP contribution in [-0.2, 0) is 0 Å². The summed E-state index contributed by atoms with van der Waals surface area (Å²) >= 11 is 0. The molecule has 0 saturated carbocycles. The number of benzene rings is 1. The average molecular weight is 301 g/mol. The van der Waals surface area contributed by atoms with Crippen molar-refractivity contribution in [3.63, 3.8) is 0 Å². The van der Waals surface area contributed by atoms with E-state index in [0.29, 0.717) is 12.1 Å². The monoisotopic (exact) mass is 300 g/mol. The van der Waals surface area contributed by atoms with Crippen LogP contribution in [0.25, 0.3) is 0 Å². The maximum Gasteiger partial charge on any atom is 0.254 e. The molecule has 0 radical (unpaired) electrons. The molecule has 20 heavy (non-hydrogen) atoms. The van der Waals surface area contributed by atoms with Gasteiger partial charge in [-0.05, 0) is 43.4 Å². The normalized spacial score (nSPS) is 21.9. The van der Waals surface area contributed by atoms with Gasteiger partial charge in [0.15, 0.2) is 0 Å². The Balaban J connectivity index is 0.00000200. The van der Waals surface area contributed by atoms with E-state index in [-0.39, 0.29) is 29.3 Å². The zero-order valence-electron chi connectivity index (χ0n) is 12.0. The van der Waals surface area contributed by atoms with Crippen LogP contribution in [-0.4, -0.2) is 25.5 Å². The minimum absolute atomic E-state index is 0. The number of nitrogens with one attached hydrogen (secondary N) is 2. The molecular weight excluding hydrogens is 279 g/mol. The van der Waals surface area contributed by atoms with Gasteiger partial charge in [0.05, 0.1) is 5.56 Å². The second-order valence-corrected chi connectivity index (χ2v) is 5.71. The molecule has 1 aliphatic heterocycles. The van der Waals surface area contributed by atoms with Gasteiger partial charge in [-0.1, -0.05) is 19.1 Å². The molecule has 0 aromatic heterocycles. The lowest BCUT2D eigenvalue weighted by molar-refractivity contribution is 0.0920. The predicted octanol–water partition coefficient (Wildman–Crippen LogP) is 2.68. The Morgan fingerprint density at radius 3 is 2.90 bits per heavy atom. The first-order valence-electron chi connectivity index (χ1n) is 6.76. The fraction of sp³-hybridized carbons (Fsp3) is 0.533. The van der Waals surface area contributed by atoms with Crippen LogP contribution in [0.3, 0.4) is 0 Å². The Bertz CT molecular complexity index is 473. The third kappa shape index (κ3) is 3.93. The highest BCUT2D eigenvalue weighted by atomic mass is 35.5. The van der Waals surface area contributed by atoms with Crippen LogP contribution >= 0.6 is 12.4 Å². The van der Waals surface area contributed by atoms with Gasteiger partial charge >= 0.3 is 0 Å². The topological polar surface area (TPSA) is 41.1 Å². The molecule has 1 saturated heterocycles. The quantitative estimate of drug-likeness (QED) is 0.901. The number of rotatable bonds is 3. The van der Waals surface area contributed by atoms with Gasteiger partial charge in [0, 0.05) is 13.1 Å².